The number of benzene rings is 2. The lowest BCUT2D eigenvalue weighted by Crippen LogP contribution is -2.30. The zero-order chi connectivity index (χ0) is 26.5. The highest BCUT2D eigenvalue weighted by Crippen LogP contribution is 2.32. The Balaban J connectivity index is 1.58. The van der Waals surface area contributed by atoms with E-state index < -0.39 is 31.4 Å². The van der Waals surface area contributed by atoms with Crippen LogP contribution in [0, 0.1) is 5.82 Å². The summed E-state index contributed by atoms with van der Waals surface area (Å²) in [6.07, 6.45) is 2.76. The molecule has 1 aliphatic heterocycles. The third-order valence-corrected chi connectivity index (χ3v) is 7.58. The van der Waals surface area contributed by atoms with Crippen molar-refractivity contribution < 1.29 is 26.3 Å². The molecule has 0 radical (unpaired) electrons. The van der Waals surface area contributed by atoms with Gasteiger partial charge in [0.05, 0.1) is 17.5 Å². The summed E-state index contributed by atoms with van der Waals surface area (Å²) < 4.78 is 69.3. The van der Waals surface area contributed by atoms with Gasteiger partial charge >= 0.3 is 0 Å². The first kappa shape index (κ1) is 24.5. The first-order chi connectivity index (χ1) is 17.4. The number of sulfonamides is 2. The third kappa shape index (κ3) is 4.78. The molecule has 1 aliphatic rings. The number of amidine groups is 1. The maximum Gasteiger partial charge on any atom is 0.286 e. The lowest BCUT2D eigenvalue weighted by molar-refractivity contribution is 0.473. The van der Waals surface area contributed by atoms with Gasteiger partial charge in [0, 0.05) is 18.0 Å². The molecule has 2 aromatic carbocycles. The van der Waals surface area contributed by atoms with Gasteiger partial charge in [-0.15, -0.1) is 4.40 Å². The number of nitrogens with zero attached hydrogens (tertiary/aromatic N) is 2. The van der Waals surface area contributed by atoms with E-state index in [1.165, 1.54) is 40.9 Å². The SMILES string of the molecule is CS(=O)(=O)Nc1ccc2c(c1)S(=O)(=O)N=C(c1c(O)cc3c(Cc4ccc(F)cc4)cccn3c1=O)N2. The number of hydrogen-bond donors (Lipinski definition) is 3. The van der Waals surface area contributed by atoms with E-state index in [4.69, 9.17) is 0 Å². The normalized spacial score (nSPS) is 14.5. The molecule has 3 N–H and O–H groups in total. The van der Waals surface area contributed by atoms with Gasteiger partial charge in [-0.3, -0.25) is 13.9 Å². The van der Waals surface area contributed by atoms with E-state index in [1.807, 2.05) is 0 Å². The number of aromatic nitrogens is 1. The minimum Gasteiger partial charge on any atom is -0.507 e. The van der Waals surface area contributed by atoms with Crippen molar-refractivity contribution in [1.29, 1.82) is 0 Å². The van der Waals surface area contributed by atoms with Crippen molar-refractivity contribution >= 4 is 42.8 Å². The van der Waals surface area contributed by atoms with E-state index in [9.17, 15) is 31.1 Å². The summed E-state index contributed by atoms with van der Waals surface area (Å²) in [5.74, 6) is -1.24. The Kier molecular flexibility index (Phi) is 5.76. The molecule has 0 saturated heterocycles. The predicted molar refractivity (Wildman–Crippen MR) is 137 cm³/mol. The zero-order valence-electron chi connectivity index (χ0n) is 19.1. The van der Waals surface area contributed by atoms with Crippen LogP contribution in [-0.4, -0.2) is 38.4 Å². The van der Waals surface area contributed by atoms with Gasteiger partial charge in [-0.1, -0.05) is 18.2 Å². The molecule has 190 valence electrons. The summed E-state index contributed by atoms with van der Waals surface area (Å²) in [7, 11) is -8.00. The van der Waals surface area contributed by atoms with Gasteiger partial charge in [-0.25, -0.2) is 12.8 Å². The first-order valence-electron chi connectivity index (χ1n) is 10.8. The number of rotatable bonds is 5. The fourth-order valence-corrected chi connectivity index (χ4v) is 5.78. The van der Waals surface area contributed by atoms with Gasteiger partial charge in [0.1, 0.15) is 22.0 Å². The van der Waals surface area contributed by atoms with Gasteiger partial charge in [0.2, 0.25) is 10.0 Å². The molecule has 37 heavy (non-hydrogen) atoms. The van der Waals surface area contributed by atoms with Crippen LogP contribution in [0.15, 0.2) is 80.9 Å². The fraction of sp³-hybridized carbons (Fsp3) is 0.0833. The number of nitrogens with one attached hydrogen (secondary N) is 2. The maximum atomic E-state index is 13.4. The van der Waals surface area contributed by atoms with Crippen molar-refractivity contribution in [2.45, 2.75) is 11.3 Å². The summed E-state index contributed by atoms with van der Waals surface area (Å²) >= 11 is 0. The molecule has 0 saturated carbocycles. The van der Waals surface area contributed by atoms with Crippen molar-refractivity contribution in [2.75, 3.05) is 16.3 Å². The molecule has 0 fully saturated rings. The highest BCUT2D eigenvalue weighted by Gasteiger charge is 2.29. The van der Waals surface area contributed by atoms with E-state index in [-0.39, 0.29) is 33.5 Å². The van der Waals surface area contributed by atoms with Crippen LogP contribution in [0.1, 0.15) is 16.7 Å². The van der Waals surface area contributed by atoms with Crippen LogP contribution in [0.5, 0.6) is 5.75 Å². The van der Waals surface area contributed by atoms with Crippen LogP contribution in [0.3, 0.4) is 0 Å². The van der Waals surface area contributed by atoms with Crippen LogP contribution in [0.4, 0.5) is 15.8 Å². The number of anilines is 2. The topological polar surface area (TPSA) is 146 Å². The highest BCUT2D eigenvalue weighted by atomic mass is 32.2. The number of aromatic hydroxyl groups is 1. The van der Waals surface area contributed by atoms with Gasteiger partial charge in [-0.05, 0) is 53.9 Å². The Hall–Kier alpha value is -4.23. The summed E-state index contributed by atoms with van der Waals surface area (Å²) in [5.41, 5.74) is 0.853. The maximum absolute atomic E-state index is 13.4. The monoisotopic (exact) mass is 542 g/mol. The minimum absolute atomic E-state index is 0.0209. The number of hydrogen-bond acceptors (Lipinski definition) is 7. The summed E-state index contributed by atoms with van der Waals surface area (Å²) in [6.45, 7) is 0. The van der Waals surface area contributed by atoms with Crippen LogP contribution in [-0.2, 0) is 26.5 Å². The van der Waals surface area contributed by atoms with Crippen molar-refractivity contribution in [3.8, 4) is 5.75 Å². The molecule has 5 rings (SSSR count). The molecular weight excluding hydrogens is 523 g/mol. The van der Waals surface area contributed by atoms with Crippen molar-refractivity contribution in [3.05, 3.63) is 99.7 Å². The molecule has 0 spiro atoms. The third-order valence-electron chi connectivity index (χ3n) is 5.66. The molecule has 0 unspecified atom stereocenters. The molecule has 2 aromatic heterocycles. The molecular formula is C24H19FN4O6S2. The first-order valence-corrected chi connectivity index (χ1v) is 14.1. The Labute approximate surface area is 210 Å². The Morgan fingerprint density at radius 2 is 1.84 bits per heavy atom. The molecule has 0 aliphatic carbocycles. The van der Waals surface area contributed by atoms with Crippen LogP contribution in [0.25, 0.3) is 5.52 Å². The number of halogens is 1. The van der Waals surface area contributed by atoms with E-state index in [0.29, 0.717) is 17.5 Å². The molecule has 3 heterocycles. The van der Waals surface area contributed by atoms with Crippen molar-refractivity contribution in [1.82, 2.24) is 4.40 Å². The second kappa shape index (κ2) is 8.71. The molecule has 10 nitrogen and oxygen atoms in total. The second-order valence-electron chi connectivity index (χ2n) is 8.43. The highest BCUT2D eigenvalue weighted by molar-refractivity contribution is 7.92. The van der Waals surface area contributed by atoms with Crippen molar-refractivity contribution in [2.24, 2.45) is 4.40 Å². The summed E-state index contributed by atoms with van der Waals surface area (Å²) in [4.78, 5) is 13.1. The molecule has 0 atom stereocenters. The largest absolute Gasteiger partial charge is 0.507 e. The molecule has 0 bridgehead atoms. The Morgan fingerprint density at radius 3 is 2.54 bits per heavy atom. The van der Waals surface area contributed by atoms with E-state index in [2.05, 4.69) is 14.4 Å². The lowest BCUT2D eigenvalue weighted by atomic mass is 10.0. The van der Waals surface area contributed by atoms with Gasteiger partial charge in [-0.2, -0.15) is 8.42 Å². The smallest absolute Gasteiger partial charge is 0.286 e. The number of pyridine rings is 2. The molecule has 0 amide bonds. The van der Waals surface area contributed by atoms with Gasteiger partial charge < -0.3 is 10.4 Å². The average Bonchev–Trinajstić information content (AvgIpc) is 2.80. The van der Waals surface area contributed by atoms with Gasteiger partial charge in [0.25, 0.3) is 15.6 Å². The molecule has 4 aromatic rings. The van der Waals surface area contributed by atoms with Crippen LogP contribution >= 0.6 is 0 Å². The van der Waals surface area contributed by atoms with Crippen LogP contribution < -0.4 is 15.6 Å². The van der Waals surface area contributed by atoms with E-state index in [0.717, 1.165) is 17.9 Å². The Bertz CT molecular complexity index is 1880. The quantitative estimate of drug-likeness (QED) is 0.351. The Morgan fingerprint density at radius 1 is 1.11 bits per heavy atom. The number of fused-ring (bicyclic) bond motifs is 2. The predicted octanol–water partition coefficient (Wildman–Crippen LogP) is 2.67. The van der Waals surface area contributed by atoms with Crippen molar-refractivity contribution in [3.63, 3.8) is 0 Å². The van der Waals surface area contributed by atoms with Crippen LogP contribution in [0.2, 0.25) is 0 Å². The minimum atomic E-state index is -4.36. The fourth-order valence-electron chi connectivity index (χ4n) is 4.08. The summed E-state index contributed by atoms with van der Waals surface area (Å²) in [6, 6.07) is 14.4. The summed E-state index contributed by atoms with van der Waals surface area (Å²) in [5, 5.41) is 13.6. The second-order valence-corrected chi connectivity index (χ2v) is 11.7. The van der Waals surface area contributed by atoms with Gasteiger partial charge in [0.15, 0.2) is 5.84 Å². The lowest BCUT2D eigenvalue weighted by Gasteiger charge is -2.20. The molecule has 13 heteroatoms. The van der Waals surface area contributed by atoms with E-state index >= 15 is 0 Å². The van der Waals surface area contributed by atoms with E-state index in [1.54, 1.807) is 24.3 Å². The standard InChI is InChI=1S/C24H19FN4O6S2/c1-36(32,33)27-17-8-9-18-21(12-17)37(34,35)28-23(26-18)22-20(30)13-19-15(3-2-10-29(19)24(22)31)11-14-4-6-16(25)7-5-14/h2-10,12-13,27,30H,11H2,1H3,(H,26,28). The average molecular weight is 543 g/mol. The zero-order valence-corrected chi connectivity index (χ0v) is 20.8.